The van der Waals surface area contributed by atoms with Gasteiger partial charge in [-0.2, -0.15) is 4.68 Å². The average molecular weight is 199 g/mol. The third-order valence-corrected chi connectivity index (χ3v) is 1.74. The lowest BCUT2D eigenvalue weighted by molar-refractivity contribution is -0.394. The molecule has 0 bridgehead atoms. The van der Waals surface area contributed by atoms with E-state index in [-0.39, 0.29) is 5.95 Å². The molecule has 7 nitrogen and oxygen atoms in total. The van der Waals surface area contributed by atoms with Crippen LogP contribution < -0.4 is 5.32 Å². The van der Waals surface area contributed by atoms with Crippen molar-refractivity contribution in [1.29, 1.82) is 0 Å². The molecule has 1 rings (SSSR count). The number of nitrogens with one attached hydrogen (secondary N) is 1. The smallest absolute Gasteiger partial charge is 0.390 e. The zero-order valence-corrected chi connectivity index (χ0v) is 8.17. The quantitative estimate of drug-likeness (QED) is 0.534. The predicted molar refractivity (Wildman–Crippen MR) is 49.8 cm³/mol. The van der Waals surface area contributed by atoms with Crippen LogP contribution in [-0.2, 0) is 6.54 Å². The fraction of sp³-hybridized carbons (Fsp3) is 0.714. The topological polar surface area (TPSA) is 85.9 Å². The molecule has 1 unspecified atom stereocenters. The van der Waals surface area contributed by atoms with Gasteiger partial charge in [-0.15, -0.1) is 0 Å². The first-order chi connectivity index (χ1) is 6.63. The van der Waals surface area contributed by atoms with Crippen molar-refractivity contribution in [3.05, 3.63) is 16.4 Å². The second-order valence-corrected chi connectivity index (χ2v) is 3.19. The maximum Gasteiger partial charge on any atom is 0.490 e. The molecule has 1 heterocycles. The molecule has 78 valence electrons. The SMILES string of the molecule is CNCC(C)Cn1cnc([N+](=O)[O-])n1. The van der Waals surface area contributed by atoms with E-state index in [1.807, 2.05) is 14.0 Å². The van der Waals surface area contributed by atoms with Gasteiger partial charge in [0.25, 0.3) is 0 Å². The zero-order chi connectivity index (χ0) is 10.6. The van der Waals surface area contributed by atoms with Crippen LogP contribution in [0.25, 0.3) is 0 Å². The highest BCUT2D eigenvalue weighted by atomic mass is 16.6. The van der Waals surface area contributed by atoms with E-state index in [0.717, 1.165) is 6.54 Å². The maximum absolute atomic E-state index is 10.3. The van der Waals surface area contributed by atoms with Crippen molar-refractivity contribution in [3.8, 4) is 0 Å². The van der Waals surface area contributed by atoms with Gasteiger partial charge in [0.05, 0.1) is 6.54 Å². The van der Waals surface area contributed by atoms with Crippen LogP contribution in [0.4, 0.5) is 5.95 Å². The standard InChI is InChI=1S/C7H13N5O2/c1-6(3-8-2)4-11-5-9-7(10-11)12(13)14/h5-6,8H,3-4H2,1-2H3. The molecular formula is C7H13N5O2. The Kier molecular flexibility index (Phi) is 3.52. The van der Waals surface area contributed by atoms with Crippen molar-refractivity contribution >= 4 is 5.95 Å². The highest BCUT2D eigenvalue weighted by molar-refractivity contribution is 4.96. The summed E-state index contributed by atoms with van der Waals surface area (Å²) in [5.74, 6) is 0.0166. The second kappa shape index (κ2) is 4.66. The highest BCUT2D eigenvalue weighted by Crippen LogP contribution is 2.02. The van der Waals surface area contributed by atoms with Gasteiger partial charge in [0, 0.05) is 5.10 Å². The summed E-state index contributed by atoms with van der Waals surface area (Å²) < 4.78 is 1.49. The third kappa shape index (κ3) is 2.77. The Morgan fingerprint density at radius 1 is 1.79 bits per heavy atom. The summed E-state index contributed by atoms with van der Waals surface area (Å²) >= 11 is 0. The number of hydrogen-bond donors (Lipinski definition) is 1. The normalized spacial score (nSPS) is 12.7. The Morgan fingerprint density at radius 2 is 2.50 bits per heavy atom. The summed E-state index contributed by atoms with van der Waals surface area (Å²) in [6.07, 6.45) is 1.38. The first-order valence-corrected chi connectivity index (χ1v) is 4.32. The molecule has 1 aromatic rings. The van der Waals surface area contributed by atoms with Crippen LogP contribution in [-0.4, -0.2) is 33.3 Å². The van der Waals surface area contributed by atoms with E-state index in [4.69, 9.17) is 0 Å². The van der Waals surface area contributed by atoms with Gasteiger partial charge in [-0.1, -0.05) is 11.9 Å². The molecule has 0 radical (unpaired) electrons. The Labute approximate surface area is 81.3 Å². The number of rotatable bonds is 5. The summed E-state index contributed by atoms with van der Waals surface area (Å²) in [7, 11) is 1.86. The van der Waals surface area contributed by atoms with Crippen molar-refractivity contribution < 1.29 is 4.92 Å². The highest BCUT2D eigenvalue weighted by Gasteiger charge is 2.14. The van der Waals surface area contributed by atoms with Gasteiger partial charge in [0.15, 0.2) is 0 Å². The van der Waals surface area contributed by atoms with Crippen molar-refractivity contribution in [3.63, 3.8) is 0 Å². The molecule has 0 aliphatic rings. The van der Waals surface area contributed by atoms with Crippen LogP contribution in [0.1, 0.15) is 6.92 Å². The summed E-state index contributed by atoms with van der Waals surface area (Å²) in [5, 5.41) is 17.0. The van der Waals surface area contributed by atoms with Gasteiger partial charge in [0.2, 0.25) is 6.33 Å². The van der Waals surface area contributed by atoms with Crippen LogP contribution in [0.2, 0.25) is 0 Å². The Balaban J connectivity index is 2.55. The van der Waals surface area contributed by atoms with E-state index in [1.54, 1.807) is 0 Å². The molecule has 0 aliphatic heterocycles. The minimum atomic E-state index is -0.598. The molecule has 0 aliphatic carbocycles. The Morgan fingerprint density at radius 3 is 3.00 bits per heavy atom. The lowest BCUT2D eigenvalue weighted by Gasteiger charge is -2.07. The Bertz CT molecular complexity index is 311. The Hall–Kier alpha value is -1.50. The molecular weight excluding hydrogens is 186 g/mol. The molecule has 7 heteroatoms. The van der Waals surface area contributed by atoms with Crippen LogP contribution in [0.15, 0.2) is 6.33 Å². The van der Waals surface area contributed by atoms with Gasteiger partial charge >= 0.3 is 5.95 Å². The summed E-state index contributed by atoms with van der Waals surface area (Å²) in [6, 6.07) is 0. The summed E-state index contributed by atoms with van der Waals surface area (Å²) in [5.41, 5.74) is 0. The van der Waals surface area contributed by atoms with E-state index in [9.17, 15) is 10.1 Å². The largest absolute Gasteiger partial charge is 0.490 e. The van der Waals surface area contributed by atoms with E-state index < -0.39 is 4.92 Å². The first-order valence-electron chi connectivity index (χ1n) is 4.32. The van der Waals surface area contributed by atoms with Crippen molar-refractivity contribution in [2.24, 2.45) is 5.92 Å². The molecule has 1 atom stereocenters. The van der Waals surface area contributed by atoms with Crippen molar-refractivity contribution in [1.82, 2.24) is 20.1 Å². The molecule has 0 saturated carbocycles. The van der Waals surface area contributed by atoms with Crippen LogP contribution in [0.3, 0.4) is 0 Å². The lowest BCUT2D eigenvalue weighted by atomic mass is 10.2. The summed E-state index contributed by atoms with van der Waals surface area (Å²) in [4.78, 5) is 13.2. The molecule has 0 fully saturated rings. The maximum atomic E-state index is 10.3. The van der Waals surface area contributed by atoms with Gasteiger partial charge < -0.3 is 15.4 Å². The number of hydrogen-bond acceptors (Lipinski definition) is 5. The van der Waals surface area contributed by atoms with Crippen LogP contribution in [0.5, 0.6) is 0 Å². The van der Waals surface area contributed by atoms with E-state index in [1.165, 1.54) is 11.0 Å². The first kappa shape index (κ1) is 10.6. The van der Waals surface area contributed by atoms with Gasteiger partial charge in [-0.25, -0.2) is 0 Å². The van der Waals surface area contributed by atoms with Gasteiger partial charge in [-0.05, 0) is 24.4 Å². The number of aromatic nitrogens is 3. The predicted octanol–water partition coefficient (Wildman–Crippen LogP) is 0.0418. The lowest BCUT2D eigenvalue weighted by Crippen LogP contribution is -2.20. The van der Waals surface area contributed by atoms with Gasteiger partial charge in [0.1, 0.15) is 0 Å². The second-order valence-electron chi connectivity index (χ2n) is 3.19. The van der Waals surface area contributed by atoms with Crippen molar-refractivity contribution in [2.75, 3.05) is 13.6 Å². The average Bonchev–Trinajstić information content (AvgIpc) is 2.53. The number of nitro groups is 1. The fourth-order valence-corrected chi connectivity index (χ4v) is 1.19. The molecule has 14 heavy (non-hydrogen) atoms. The zero-order valence-electron chi connectivity index (χ0n) is 8.17. The van der Waals surface area contributed by atoms with Crippen molar-refractivity contribution in [2.45, 2.75) is 13.5 Å². The molecule has 0 amide bonds. The fourth-order valence-electron chi connectivity index (χ4n) is 1.19. The molecule has 0 aromatic carbocycles. The molecule has 0 saturated heterocycles. The van der Waals surface area contributed by atoms with E-state index in [2.05, 4.69) is 15.4 Å². The molecule has 1 N–H and O–H groups in total. The summed E-state index contributed by atoms with van der Waals surface area (Å²) in [6.45, 7) is 3.50. The van der Waals surface area contributed by atoms with E-state index in [0.29, 0.717) is 12.5 Å². The number of nitrogens with zero attached hydrogens (tertiary/aromatic N) is 4. The van der Waals surface area contributed by atoms with Crippen LogP contribution >= 0.6 is 0 Å². The molecule has 1 aromatic heterocycles. The van der Waals surface area contributed by atoms with Crippen LogP contribution in [0, 0.1) is 16.0 Å². The van der Waals surface area contributed by atoms with Gasteiger partial charge in [-0.3, -0.25) is 0 Å². The monoisotopic (exact) mass is 199 g/mol. The van der Waals surface area contributed by atoms with E-state index >= 15 is 0 Å². The third-order valence-electron chi connectivity index (χ3n) is 1.74. The molecule has 0 spiro atoms. The minimum Gasteiger partial charge on any atom is -0.390 e. The minimum absolute atomic E-state index is 0.346.